The van der Waals surface area contributed by atoms with Crippen LogP contribution in [0.25, 0.3) is 66.1 Å². The molecule has 12 rings (SSSR count). The van der Waals surface area contributed by atoms with Crippen LogP contribution in [0.2, 0.25) is 0 Å². The highest BCUT2D eigenvalue weighted by atomic mass is 15.1. The van der Waals surface area contributed by atoms with Crippen LogP contribution in [0.5, 0.6) is 0 Å². The van der Waals surface area contributed by atoms with Crippen molar-refractivity contribution >= 4 is 38.6 Å². The Labute approximate surface area is 340 Å². The van der Waals surface area contributed by atoms with Gasteiger partial charge in [-0.1, -0.05) is 182 Å². The molecule has 276 valence electrons. The summed E-state index contributed by atoms with van der Waals surface area (Å²) in [7, 11) is 0. The van der Waals surface area contributed by atoms with Gasteiger partial charge in [0.1, 0.15) is 0 Å². The Morgan fingerprint density at radius 1 is 0.414 bits per heavy atom. The van der Waals surface area contributed by atoms with Gasteiger partial charge in [-0.2, -0.15) is 0 Å². The molecule has 1 spiro atoms. The minimum Gasteiger partial charge on any atom is -0.309 e. The molecule has 1 nitrogen and oxygen atoms in total. The number of hydrogen-bond acceptors (Lipinski definition) is 1. The van der Waals surface area contributed by atoms with E-state index in [2.05, 4.69) is 205 Å². The van der Waals surface area contributed by atoms with Gasteiger partial charge in [-0.15, -0.1) is 0 Å². The van der Waals surface area contributed by atoms with E-state index in [1.807, 2.05) is 0 Å². The first-order chi connectivity index (χ1) is 28.8. The maximum atomic E-state index is 2.59. The van der Waals surface area contributed by atoms with Crippen LogP contribution >= 0.6 is 0 Å². The van der Waals surface area contributed by atoms with Gasteiger partial charge in [-0.05, 0) is 121 Å². The second kappa shape index (κ2) is 13.2. The van der Waals surface area contributed by atoms with Crippen LogP contribution in [0.15, 0.2) is 200 Å². The molecule has 0 radical (unpaired) electrons. The first-order valence-corrected chi connectivity index (χ1v) is 21.0. The molecule has 0 amide bonds. The van der Waals surface area contributed by atoms with E-state index in [1.54, 1.807) is 5.56 Å². The van der Waals surface area contributed by atoms with Gasteiger partial charge in [0.15, 0.2) is 0 Å². The highest BCUT2D eigenvalue weighted by Crippen LogP contribution is 2.67. The van der Waals surface area contributed by atoms with E-state index in [-0.39, 0.29) is 5.41 Å². The fourth-order valence-electron chi connectivity index (χ4n) is 11.6. The Bertz CT molecular complexity index is 3050. The molecule has 3 atom stereocenters. The van der Waals surface area contributed by atoms with E-state index in [0.717, 1.165) is 11.6 Å². The van der Waals surface area contributed by atoms with Crippen LogP contribution < -0.4 is 4.90 Å². The summed E-state index contributed by atoms with van der Waals surface area (Å²) in [6, 6.07) is 74.8. The van der Waals surface area contributed by atoms with Gasteiger partial charge in [0.2, 0.25) is 0 Å². The first kappa shape index (κ1) is 33.4. The molecule has 9 aromatic rings. The number of hydrogen-bond donors (Lipinski definition) is 0. The zero-order chi connectivity index (χ0) is 38.2. The van der Waals surface area contributed by atoms with Crippen molar-refractivity contribution in [2.45, 2.75) is 31.1 Å². The predicted molar refractivity (Wildman–Crippen MR) is 244 cm³/mol. The van der Waals surface area contributed by atoms with Gasteiger partial charge in [0.25, 0.3) is 0 Å². The molecular formula is C57H43N. The van der Waals surface area contributed by atoms with Crippen LogP contribution in [0.1, 0.15) is 36.8 Å². The third-order valence-corrected chi connectivity index (χ3v) is 13.9. The molecule has 2 fully saturated rings. The number of fused-ring (bicyclic) bond motifs is 11. The zero-order valence-corrected chi connectivity index (χ0v) is 32.5. The minimum atomic E-state index is 0.0894. The monoisotopic (exact) mass is 741 g/mol. The molecule has 0 aromatic heterocycles. The van der Waals surface area contributed by atoms with Crippen molar-refractivity contribution in [1.29, 1.82) is 0 Å². The number of para-hydroxylation sites is 1. The maximum absolute atomic E-state index is 2.59. The van der Waals surface area contributed by atoms with Gasteiger partial charge in [0.05, 0.1) is 11.4 Å². The van der Waals surface area contributed by atoms with Crippen molar-refractivity contribution in [2.24, 2.45) is 11.8 Å². The number of anilines is 3. The van der Waals surface area contributed by atoms with Crippen molar-refractivity contribution < 1.29 is 0 Å². The normalized spacial score (nSPS) is 18.8. The molecule has 2 bridgehead atoms. The highest BCUT2D eigenvalue weighted by molar-refractivity contribution is 6.09. The molecule has 3 aliphatic rings. The third kappa shape index (κ3) is 4.96. The third-order valence-electron chi connectivity index (χ3n) is 13.9. The van der Waals surface area contributed by atoms with Crippen molar-refractivity contribution in [3.8, 4) is 44.5 Å². The summed E-state index contributed by atoms with van der Waals surface area (Å²) in [6.07, 6.45) is 5.32. The van der Waals surface area contributed by atoms with Gasteiger partial charge in [-0.3, -0.25) is 0 Å². The second-order valence-corrected chi connectivity index (χ2v) is 16.8. The van der Waals surface area contributed by atoms with E-state index in [4.69, 9.17) is 0 Å². The Morgan fingerprint density at radius 2 is 1.02 bits per heavy atom. The molecule has 0 N–H and O–H groups in total. The molecule has 3 aliphatic carbocycles. The smallest absolute Gasteiger partial charge is 0.0543 e. The lowest BCUT2D eigenvalue weighted by molar-refractivity contribution is 0.327. The maximum Gasteiger partial charge on any atom is 0.0543 e. The summed E-state index contributed by atoms with van der Waals surface area (Å²) in [5, 5.41) is 5.08. The predicted octanol–water partition coefficient (Wildman–Crippen LogP) is 15.6. The Balaban J connectivity index is 1.12. The summed E-state index contributed by atoms with van der Waals surface area (Å²) >= 11 is 0. The topological polar surface area (TPSA) is 3.24 Å². The SMILES string of the molecule is c1ccc(-c2ccccc2-c2ccccc2-c2ccccc2N(c2ccc3c(ccc4ccccc43)c2)c2cccc3c2-c2ccccc2C32CC3CCC2C3)cc1. The van der Waals surface area contributed by atoms with E-state index in [9.17, 15) is 0 Å². The van der Waals surface area contributed by atoms with Crippen molar-refractivity contribution in [3.05, 3.63) is 211 Å². The molecule has 3 unspecified atom stereocenters. The lowest BCUT2D eigenvalue weighted by Crippen LogP contribution is -2.31. The van der Waals surface area contributed by atoms with Gasteiger partial charge < -0.3 is 4.90 Å². The fourth-order valence-corrected chi connectivity index (χ4v) is 11.6. The molecular weight excluding hydrogens is 699 g/mol. The molecule has 0 heterocycles. The van der Waals surface area contributed by atoms with E-state index in [1.165, 1.54) is 109 Å². The summed E-state index contributed by atoms with van der Waals surface area (Å²) < 4.78 is 0. The number of rotatable bonds is 6. The lowest BCUT2D eigenvalue weighted by atomic mass is 9.67. The van der Waals surface area contributed by atoms with Crippen LogP contribution in [0.3, 0.4) is 0 Å². The molecule has 0 aliphatic heterocycles. The van der Waals surface area contributed by atoms with E-state index in [0.29, 0.717) is 5.92 Å². The van der Waals surface area contributed by atoms with Crippen molar-refractivity contribution in [1.82, 2.24) is 0 Å². The second-order valence-electron chi connectivity index (χ2n) is 16.8. The standard InChI is InChI=1S/C57H43N/c1-2-15-39(16-3-1)45-19-6-7-20-47(45)48-21-8-9-22-49(48)50-23-11-13-27-54(50)58(43-33-34-46-41(36-43)31-30-40-17-4-5-18-44(40)46)55-28-14-26-53-56(55)51-24-10-12-25-52(51)57(53)37-38-29-32-42(57)35-38/h1-28,30-31,33-34,36,38,42H,29,32,35,37H2. The number of benzene rings is 9. The van der Waals surface area contributed by atoms with Crippen molar-refractivity contribution in [2.75, 3.05) is 4.90 Å². The summed E-state index contributed by atoms with van der Waals surface area (Å²) in [4.78, 5) is 2.59. The van der Waals surface area contributed by atoms with Crippen LogP contribution in [-0.2, 0) is 5.41 Å². The minimum absolute atomic E-state index is 0.0894. The molecule has 9 aromatic carbocycles. The Kier molecular flexibility index (Phi) is 7.60. The number of nitrogens with zero attached hydrogens (tertiary/aromatic N) is 1. The van der Waals surface area contributed by atoms with E-state index >= 15 is 0 Å². The lowest BCUT2D eigenvalue weighted by Gasteiger charge is -2.37. The van der Waals surface area contributed by atoms with E-state index < -0.39 is 0 Å². The van der Waals surface area contributed by atoms with Crippen LogP contribution in [-0.4, -0.2) is 0 Å². The highest BCUT2D eigenvalue weighted by Gasteiger charge is 2.57. The van der Waals surface area contributed by atoms with Crippen LogP contribution in [0, 0.1) is 11.8 Å². The van der Waals surface area contributed by atoms with Crippen LogP contribution in [0.4, 0.5) is 17.1 Å². The Hall–Kier alpha value is -6.70. The zero-order valence-electron chi connectivity index (χ0n) is 32.5. The largest absolute Gasteiger partial charge is 0.309 e. The molecule has 1 heteroatoms. The summed E-state index contributed by atoms with van der Waals surface area (Å²) in [5.41, 5.74) is 16.9. The molecule has 58 heavy (non-hydrogen) atoms. The van der Waals surface area contributed by atoms with Gasteiger partial charge in [-0.25, -0.2) is 0 Å². The van der Waals surface area contributed by atoms with Gasteiger partial charge >= 0.3 is 0 Å². The van der Waals surface area contributed by atoms with Crippen molar-refractivity contribution in [3.63, 3.8) is 0 Å². The summed E-state index contributed by atoms with van der Waals surface area (Å²) in [5.74, 6) is 1.51. The average Bonchev–Trinajstić information content (AvgIpc) is 4.00. The average molecular weight is 742 g/mol. The first-order valence-electron chi connectivity index (χ1n) is 21.0. The van der Waals surface area contributed by atoms with Gasteiger partial charge in [0, 0.05) is 22.2 Å². The quantitative estimate of drug-likeness (QED) is 0.153. The Morgan fingerprint density at radius 3 is 1.81 bits per heavy atom. The molecule has 0 saturated heterocycles. The molecule has 2 saturated carbocycles. The fraction of sp³-hybridized carbons (Fsp3) is 0.123. The summed E-state index contributed by atoms with van der Waals surface area (Å²) in [6.45, 7) is 0.